The van der Waals surface area contributed by atoms with Gasteiger partial charge >= 0.3 is 0 Å². The first-order valence-corrected chi connectivity index (χ1v) is 11.1. The molecule has 0 N–H and O–H groups in total. The molecular weight excluding hydrogens is 416 g/mol. The Hall–Kier alpha value is -3.74. The molecule has 2 aromatic carbocycles. The number of hydrogen-bond acceptors (Lipinski definition) is 6. The maximum absolute atomic E-state index is 6.20. The Bertz CT molecular complexity index is 1240. The molecule has 0 unspecified atom stereocenters. The molecular formula is C26H28N4O3. The van der Waals surface area contributed by atoms with Crippen LogP contribution in [0.15, 0.2) is 65.9 Å². The number of fused-ring (bicyclic) bond motifs is 1. The number of imidazole rings is 1. The highest BCUT2D eigenvalue weighted by Gasteiger charge is 2.48. The molecule has 0 saturated carbocycles. The Morgan fingerprint density at radius 3 is 2.64 bits per heavy atom. The number of nitrogens with zero attached hydrogens (tertiary/aromatic N) is 4. The number of methoxy groups -OCH3 is 1. The number of morpholine rings is 1. The van der Waals surface area contributed by atoms with Gasteiger partial charge in [-0.25, -0.2) is 4.98 Å². The van der Waals surface area contributed by atoms with Gasteiger partial charge in [0.05, 0.1) is 31.4 Å². The number of hydrogen-bond donors (Lipinski definition) is 0. The topological polar surface area (TPSA) is 61.1 Å². The number of rotatable bonds is 4. The molecule has 170 valence electrons. The van der Waals surface area contributed by atoms with E-state index in [1.54, 1.807) is 13.4 Å². The third kappa shape index (κ3) is 3.73. The fourth-order valence-corrected chi connectivity index (χ4v) is 4.31. The molecule has 0 amide bonds. The second-order valence-electron chi connectivity index (χ2n) is 8.76. The number of ether oxygens (including phenoxy) is 2. The van der Waals surface area contributed by atoms with Gasteiger partial charge in [0.15, 0.2) is 5.76 Å². The van der Waals surface area contributed by atoms with Crippen molar-refractivity contribution in [3.8, 4) is 11.4 Å². The van der Waals surface area contributed by atoms with E-state index in [-0.39, 0.29) is 6.10 Å². The zero-order chi connectivity index (χ0) is 23.2. The van der Waals surface area contributed by atoms with Gasteiger partial charge in [-0.3, -0.25) is 0 Å². The van der Waals surface area contributed by atoms with Crippen molar-refractivity contribution in [2.45, 2.75) is 39.5 Å². The average Bonchev–Trinajstić information content (AvgIpc) is 3.38. The van der Waals surface area contributed by atoms with E-state index >= 15 is 0 Å². The van der Waals surface area contributed by atoms with Crippen LogP contribution < -0.4 is 4.74 Å². The molecule has 5 rings (SSSR count). The quantitative estimate of drug-likeness (QED) is 0.580. The van der Waals surface area contributed by atoms with Crippen LogP contribution in [0, 0.1) is 13.8 Å². The van der Waals surface area contributed by atoms with Crippen LogP contribution in [-0.4, -0.2) is 40.0 Å². The summed E-state index contributed by atoms with van der Waals surface area (Å²) in [7, 11) is 1.67. The Kier molecular flexibility index (Phi) is 5.12. The predicted octanol–water partition coefficient (Wildman–Crippen LogP) is 4.78. The van der Waals surface area contributed by atoms with Crippen molar-refractivity contribution in [3.05, 3.63) is 83.1 Å². The van der Waals surface area contributed by atoms with E-state index in [9.17, 15) is 0 Å². The van der Waals surface area contributed by atoms with E-state index in [1.165, 1.54) is 5.56 Å². The smallest absolute Gasteiger partial charge is 0.234 e. The monoisotopic (exact) mass is 444 g/mol. The summed E-state index contributed by atoms with van der Waals surface area (Å²) in [5.74, 6) is 2.12. The van der Waals surface area contributed by atoms with Gasteiger partial charge in [0.25, 0.3) is 0 Å². The summed E-state index contributed by atoms with van der Waals surface area (Å²) in [5.41, 5.74) is 4.41. The standard InChI is InChI=1S/C26H28N4O3/c1-17-6-9-21(10-7-17)26(4)30-15-19(3)32-24(25(30)28-33-26)13-20-8-11-22(23(12-20)31-5)29-14-18(2)27-16-29/h6-14,16,19H,15H2,1-5H3/b24-13+/t19-,26+/m0/s1. The van der Waals surface area contributed by atoms with Crippen LogP contribution in [-0.2, 0) is 15.3 Å². The van der Waals surface area contributed by atoms with E-state index in [1.807, 2.05) is 42.0 Å². The first-order chi connectivity index (χ1) is 15.9. The van der Waals surface area contributed by atoms with E-state index in [0.29, 0.717) is 18.1 Å². The lowest BCUT2D eigenvalue weighted by Crippen LogP contribution is -2.51. The molecule has 33 heavy (non-hydrogen) atoms. The molecule has 2 aliphatic rings. The van der Waals surface area contributed by atoms with Crippen molar-refractivity contribution >= 4 is 11.9 Å². The van der Waals surface area contributed by atoms with Crippen LogP contribution in [0.2, 0.25) is 0 Å². The van der Waals surface area contributed by atoms with Crippen molar-refractivity contribution in [3.63, 3.8) is 0 Å². The first kappa shape index (κ1) is 21.1. The summed E-state index contributed by atoms with van der Waals surface area (Å²) in [6.07, 6.45) is 5.72. The van der Waals surface area contributed by atoms with Crippen LogP contribution in [0.4, 0.5) is 0 Å². The Balaban J connectivity index is 1.48. The summed E-state index contributed by atoms with van der Waals surface area (Å²) in [5, 5.41) is 4.44. The maximum Gasteiger partial charge on any atom is 0.234 e. The maximum atomic E-state index is 6.20. The minimum absolute atomic E-state index is 0.0169. The SMILES string of the molecule is COc1cc(/C=C2/O[C@@H](C)CN3C2=NO[C@]3(C)c2ccc(C)cc2)ccc1-n1cnc(C)c1. The lowest BCUT2D eigenvalue weighted by molar-refractivity contribution is -0.104. The van der Waals surface area contributed by atoms with Gasteiger partial charge in [-0.05, 0) is 44.5 Å². The molecule has 1 saturated heterocycles. The molecule has 7 heteroatoms. The zero-order valence-electron chi connectivity index (χ0n) is 19.6. The van der Waals surface area contributed by atoms with Gasteiger partial charge in [-0.15, -0.1) is 0 Å². The number of benzene rings is 2. The molecule has 1 fully saturated rings. The molecule has 2 aliphatic heterocycles. The van der Waals surface area contributed by atoms with Gasteiger partial charge in [0.1, 0.15) is 11.9 Å². The molecule has 0 aliphatic carbocycles. The Labute approximate surface area is 193 Å². The summed E-state index contributed by atoms with van der Waals surface area (Å²) in [6, 6.07) is 14.4. The summed E-state index contributed by atoms with van der Waals surface area (Å²) in [6.45, 7) is 8.83. The van der Waals surface area contributed by atoms with Crippen molar-refractivity contribution in [1.29, 1.82) is 0 Å². The van der Waals surface area contributed by atoms with Gasteiger partial charge in [0.2, 0.25) is 11.6 Å². The summed E-state index contributed by atoms with van der Waals surface area (Å²) in [4.78, 5) is 12.5. The third-order valence-electron chi connectivity index (χ3n) is 6.15. The first-order valence-electron chi connectivity index (χ1n) is 11.1. The van der Waals surface area contributed by atoms with Crippen molar-refractivity contribution in [2.24, 2.45) is 5.16 Å². The lowest BCUT2D eigenvalue weighted by Gasteiger charge is -2.39. The average molecular weight is 445 g/mol. The van der Waals surface area contributed by atoms with Gasteiger partial charge in [-0.1, -0.05) is 41.1 Å². The largest absolute Gasteiger partial charge is 0.495 e. The predicted molar refractivity (Wildman–Crippen MR) is 127 cm³/mol. The number of aryl methyl sites for hydroxylation is 2. The highest BCUT2D eigenvalue weighted by molar-refractivity contribution is 6.01. The fraction of sp³-hybridized carbons (Fsp3) is 0.308. The molecule has 3 heterocycles. The minimum Gasteiger partial charge on any atom is -0.495 e. The van der Waals surface area contributed by atoms with Gasteiger partial charge in [0, 0.05) is 18.7 Å². The minimum atomic E-state index is -0.680. The highest BCUT2D eigenvalue weighted by Crippen LogP contribution is 2.40. The van der Waals surface area contributed by atoms with Crippen LogP contribution in [0.5, 0.6) is 5.75 Å². The van der Waals surface area contributed by atoms with Crippen LogP contribution >= 0.6 is 0 Å². The van der Waals surface area contributed by atoms with Gasteiger partial charge in [-0.2, -0.15) is 0 Å². The highest BCUT2D eigenvalue weighted by atomic mass is 16.7. The lowest BCUT2D eigenvalue weighted by atomic mass is 10.00. The molecule has 0 radical (unpaired) electrons. The van der Waals surface area contributed by atoms with E-state index in [0.717, 1.165) is 28.3 Å². The normalized spacial score (nSPS) is 23.1. The molecule has 1 aromatic heterocycles. The Morgan fingerprint density at radius 2 is 1.94 bits per heavy atom. The number of aromatic nitrogens is 2. The second kappa shape index (κ2) is 7.99. The molecule has 0 spiro atoms. The fourth-order valence-electron chi connectivity index (χ4n) is 4.31. The molecule has 2 atom stereocenters. The number of amidine groups is 1. The van der Waals surface area contributed by atoms with E-state index < -0.39 is 5.72 Å². The summed E-state index contributed by atoms with van der Waals surface area (Å²) >= 11 is 0. The number of oxime groups is 1. The van der Waals surface area contributed by atoms with E-state index in [4.69, 9.17) is 14.3 Å². The third-order valence-corrected chi connectivity index (χ3v) is 6.15. The van der Waals surface area contributed by atoms with Crippen LogP contribution in [0.1, 0.15) is 36.2 Å². The van der Waals surface area contributed by atoms with E-state index in [2.05, 4.69) is 60.1 Å². The van der Waals surface area contributed by atoms with Crippen molar-refractivity contribution in [1.82, 2.24) is 14.5 Å². The van der Waals surface area contributed by atoms with Crippen molar-refractivity contribution in [2.75, 3.05) is 13.7 Å². The zero-order valence-corrected chi connectivity index (χ0v) is 19.6. The Morgan fingerprint density at radius 1 is 1.15 bits per heavy atom. The summed E-state index contributed by atoms with van der Waals surface area (Å²) < 4.78 is 13.8. The van der Waals surface area contributed by atoms with Crippen LogP contribution in [0.3, 0.4) is 0 Å². The molecule has 0 bridgehead atoms. The van der Waals surface area contributed by atoms with Crippen LogP contribution in [0.25, 0.3) is 11.8 Å². The van der Waals surface area contributed by atoms with Gasteiger partial charge < -0.3 is 23.8 Å². The second-order valence-corrected chi connectivity index (χ2v) is 8.76. The molecule has 7 nitrogen and oxygen atoms in total. The molecule has 3 aromatic rings. The van der Waals surface area contributed by atoms with Crippen molar-refractivity contribution < 1.29 is 14.3 Å².